The van der Waals surface area contributed by atoms with E-state index < -0.39 is 273 Å². The molecular formula is C97H194O35Si7. The van der Waals surface area contributed by atoms with Gasteiger partial charge in [-0.05, 0) is 127 Å². The molecule has 21 rings (SSSR count). The monoisotopic (exact) mass is 2120 g/mol. The fraction of sp³-hybridized carbons (Fsp3) is 1.00. The number of methoxy groups -OCH3 is 13. The van der Waals surface area contributed by atoms with E-state index in [4.69, 9.17) is 159 Å². The van der Waals surface area contributed by atoms with Gasteiger partial charge in [-0.3, -0.25) is 0 Å². The molecule has 0 unspecified atom stereocenters. The first-order valence-electron chi connectivity index (χ1n) is 50.1. The molecule has 0 radical (unpaired) electrons. The van der Waals surface area contributed by atoms with Gasteiger partial charge in [0.05, 0.1) is 46.2 Å². The Morgan fingerprint density at radius 3 is 0.388 bits per heavy atom. The van der Waals surface area contributed by atoms with Crippen LogP contribution in [0.3, 0.4) is 0 Å². The van der Waals surface area contributed by atoms with Crippen molar-refractivity contribution in [3.8, 4) is 0 Å². The highest BCUT2D eigenvalue weighted by Gasteiger charge is 2.65. The first-order chi connectivity index (χ1) is 63.9. The molecule has 1 N–H and O–H groups in total. The lowest BCUT2D eigenvalue weighted by Gasteiger charge is -2.53. The predicted molar refractivity (Wildman–Crippen MR) is 543 cm³/mol. The summed E-state index contributed by atoms with van der Waals surface area (Å²) in [7, 11) is 1.59. The molecule has 21 fully saturated rings. The standard InChI is InChI=1S/C97H194O35Si7/c1-91(2,3)133(35,36)112-49-56-64-63(98)71(99-22)84(119-56)127-65-57(50-113-134(37,38)92(4,5)6)121-86(79(107-30)72(65)100-23)129-67-59(52-115-136(41,42)94(10,11)12)123-88(81(109-32)74(67)102-25)131-69-61(54-117-138(45,46)96(16,17)18)125-90(83(111-34)76(69)104-27)132-70-62(55-118-139(47,48)97(19,20)21)124-89(82(110-33)77(70)105-28)130-68-60(53-116-137(43,44)95(13,14)15)122-87(80(108-31)75(68)103-26)128-66-58(51-114-135(39,40)93(7,8)9)120-85(126-64)78(106-29)73(66)101-24/h56-90,98H,49-55H2,1-48H3/t56-,57+,58-,59+,60-,61+,62-,63+,64-,65-,66-,67-,68-,69-,70-,71-,72+,73-,74+,75-,76+,77+,78+,79-,80+,81-,82+,83-,84-,85-,86-,87-,88-,89-,90-/m1/s1. The van der Waals surface area contributed by atoms with Crippen molar-refractivity contribution in [1.29, 1.82) is 0 Å². The number of aliphatic hydroxyl groups excluding tert-OH is 1. The Balaban J connectivity index is 1.43. The van der Waals surface area contributed by atoms with Crippen LogP contribution in [-0.2, 0) is 159 Å². The van der Waals surface area contributed by atoms with Crippen molar-refractivity contribution in [3.05, 3.63) is 0 Å². The van der Waals surface area contributed by atoms with Gasteiger partial charge in [0.25, 0.3) is 0 Å². The molecule has 21 heterocycles. The van der Waals surface area contributed by atoms with Gasteiger partial charge >= 0.3 is 0 Å². The van der Waals surface area contributed by atoms with Crippen molar-refractivity contribution in [2.24, 2.45) is 0 Å². The molecule has 35 nitrogen and oxygen atoms in total. The Hall–Kier alpha value is 0.118. The van der Waals surface area contributed by atoms with E-state index in [9.17, 15) is 5.11 Å². The molecule has 42 heteroatoms. The lowest BCUT2D eigenvalue weighted by atomic mass is 9.94. The van der Waals surface area contributed by atoms with Crippen LogP contribution in [0.4, 0.5) is 0 Å². The molecule has 14 bridgehead atoms. The van der Waals surface area contributed by atoms with Gasteiger partial charge < -0.3 is 164 Å². The zero-order valence-corrected chi connectivity index (χ0v) is 101. The minimum Gasteiger partial charge on any atom is -0.414 e. The van der Waals surface area contributed by atoms with Crippen LogP contribution in [0.2, 0.25) is 127 Å². The van der Waals surface area contributed by atoms with Crippen LogP contribution in [0.1, 0.15) is 145 Å². The topological polar surface area (TPSA) is 334 Å². The van der Waals surface area contributed by atoms with E-state index in [0.29, 0.717) is 0 Å². The van der Waals surface area contributed by atoms with E-state index in [1.54, 1.807) is 78.2 Å². The maximum absolute atomic E-state index is 13.7. The van der Waals surface area contributed by atoms with E-state index >= 15 is 0 Å². The van der Waals surface area contributed by atoms with Crippen LogP contribution in [0, 0.1) is 0 Å². The average molecular weight is 2120 g/mol. The first kappa shape index (κ1) is 124. The van der Waals surface area contributed by atoms with Crippen molar-refractivity contribution >= 4 is 58.2 Å². The Morgan fingerprint density at radius 1 is 0.165 bits per heavy atom. The minimum atomic E-state index is -2.69. The number of hydrogen-bond acceptors (Lipinski definition) is 35. The highest BCUT2D eigenvalue weighted by atomic mass is 28.4. The molecule has 0 spiro atoms. The molecule has 139 heavy (non-hydrogen) atoms. The smallest absolute Gasteiger partial charge is 0.192 e. The van der Waals surface area contributed by atoms with E-state index in [1.807, 2.05) is 0 Å². The van der Waals surface area contributed by atoms with E-state index in [2.05, 4.69) is 237 Å². The molecule has 0 aliphatic carbocycles. The molecule has 820 valence electrons. The summed E-state index contributed by atoms with van der Waals surface area (Å²) in [4.78, 5) is 0. The first-order valence-corrected chi connectivity index (χ1v) is 70.5. The van der Waals surface area contributed by atoms with Gasteiger partial charge in [0, 0.05) is 92.4 Å². The van der Waals surface area contributed by atoms with Crippen LogP contribution in [0.5, 0.6) is 0 Å². The number of rotatable bonds is 34. The second-order valence-electron chi connectivity index (χ2n) is 49.6. The van der Waals surface area contributed by atoms with Gasteiger partial charge in [0.1, 0.15) is 171 Å². The Labute approximate surface area is 843 Å². The summed E-state index contributed by atoms with van der Waals surface area (Å²) in [5.41, 5.74) is 0. The predicted octanol–water partition coefficient (Wildman–Crippen LogP) is 14.5. The molecule has 21 aliphatic rings. The van der Waals surface area contributed by atoms with Gasteiger partial charge in [0.15, 0.2) is 102 Å². The van der Waals surface area contributed by atoms with Crippen LogP contribution in [0.15, 0.2) is 0 Å². The van der Waals surface area contributed by atoms with Crippen molar-refractivity contribution in [2.45, 2.75) is 487 Å². The fourth-order valence-electron chi connectivity index (χ4n) is 17.0. The Morgan fingerprint density at radius 2 is 0.273 bits per heavy atom. The Bertz CT molecular complexity index is 3540. The maximum Gasteiger partial charge on any atom is 0.192 e. The van der Waals surface area contributed by atoms with Gasteiger partial charge in [-0.15, -0.1) is 0 Å². The minimum absolute atomic E-state index is 0.0211. The van der Waals surface area contributed by atoms with Crippen LogP contribution < -0.4 is 0 Å². The molecule has 0 aromatic heterocycles. The number of ether oxygens (including phenoxy) is 27. The molecule has 21 saturated heterocycles. The van der Waals surface area contributed by atoms with Crippen molar-refractivity contribution < 1.29 is 164 Å². The number of hydrogen-bond donors (Lipinski definition) is 1. The van der Waals surface area contributed by atoms with Crippen molar-refractivity contribution in [3.63, 3.8) is 0 Å². The maximum atomic E-state index is 13.7. The van der Waals surface area contributed by atoms with E-state index in [0.717, 1.165) is 0 Å². The van der Waals surface area contributed by atoms with Crippen molar-refractivity contribution in [1.82, 2.24) is 0 Å². The fourth-order valence-corrected chi connectivity index (χ4v) is 24.1. The van der Waals surface area contributed by atoms with E-state index in [-0.39, 0.29) is 81.5 Å². The van der Waals surface area contributed by atoms with Gasteiger partial charge in [-0.2, -0.15) is 0 Å². The second-order valence-corrected chi connectivity index (χ2v) is 83.3. The normalized spacial score (nSPS) is 37.8. The van der Waals surface area contributed by atoms with Gasteiger partial charge in [0.2, 0.25) is 0 Å². The third kappa shape index (κ3) is 28.6. The summed E-state index contributed by atoms with van der Waals surface area (Å²) in [6, 6.07) is 0. The van der Waals surface area contributed by atoms with Crippen LogP contribution in [0.25, 0.3) is 0 Å². The number of aliphatic hydroxyl groups is 1. The third-order valence-electron chi connectivity index (χ3n) is 33.6. The average Bonchev–Trinajstić information content (AvgIpc) is 0.863. The van der Waals surface area contributed by atoms with E-state index in [1.165, 1.54) is 14.2 Å². The highest BCUT2D eigenvalue weighted by Crippen LogP contribution is 2.50. The van der Waals surface area contributed by atoms with Crippen LogP contribution >= 0.6 is 0 Å². The zero-order chi connectivity index (χ0) is 105. The Kier molecular flexibility index (Phi) is 43.9. The molecule has 21 aliphatic heterocycles. The summed E-state index contributed by atoms with van der Waals surface area (Å²) < 4.78 is 243. The molecule has 0 amide bonds. The summed E-state index contributed by atoms with van der Waals surface area (Å²) >= 11 is 0. The lowest BCUT2D eigenvalue weighted by Crippen LogP contribution is -2.70. The van der Waals surface area contributed by atoms with Crippen molar-refractivity contribution in [2.75, 3.05) is 139 Å². The van der Waals surface area contributed by atoms with Gasteiger partial charge in [-0.1, -0.05) is 145 Å². The summed E-state index contributed by atoms with van der Waals surface area (Å²) in [5, 5.41) is 11.7. The molecule has 0 aromatic rings. The van der Waals surface area contributed by atoms with Gasteiger partial charge in [-0.25, -0.2) is 0 Å². The quantitative estimate of drug-likeness (QED) is 0.0585. The lowest BCUT2D eigenvalue weighted by molar-refractivity contribution is -0.401. The zero-order valence-electron chi connectivity index (χ0n) is 94.5. The second kappa shape index (κ2) is 49.0. The summed E-state index contributed by atoms with van der Waals surface area (Å²) in [5.74, 6) is 0. The summed E-state index contributed by atoms with van der Waals surface area (Å²) in [6.45, 7) is 75.6. The molecule has 0 aromatic carbocycles. The highest BCUT2D eigenvalue weighted by molar-refractivity contribution is 6.76. The SMILES string of the molecule is CO[C@@H]1[C@@H](OC)[C@H]2O[C@H]3[C@H](OC)[C@@H](OC)[C@@H](O[C@H]4[C@H](OC)[C@@H](OC)[C@@H](O[C@H]5[C@H](OC)[C@H](OC)[C@@H](O[C@H]6[C@@H](OC)[C@H](OC)[C@@H](O[C@H]7[C@@H](OC)[C@H](OC)[C@@H](O[C@H]8[C@H](O)[C@@H](OC)[C@@H](O[C@@H]1[C@H](CO[Si](C)(C)C(C)(C)C)O2)O[C@@H]8CO[Si](C)(C)C(C)(C)C)O[C@@H]7CO[Si](C)(C)C(C)(C)C)O[C@@H]6CO[Si](C)(C)C(C)(C)C)O[C@@H]5CO[Si](C)(C)C(C)(C)C)O[C@H]4CO[Si](C)(C)C(C)(C)C)O[C@H]3CO[Si](C)(C)C(C)(C)C. The molecule has 0 saturated carbocycles. The van der Waals surface area contributed by atoms with Crippen LogP contribution in [-0.4, -0.2) is 417 Å². The summed E-state index contributed by atoms with van der Waals surface area (Å²) in [6.07, 6.45) is -40.3. The largest absolute Gasteiger partial charge is 0.414 e. The molecule has 35 atom stereocenters. The third-order valence-corrected chi connectivity index (χ3v) is 65.1. The molecular weight excluding hydrogens is 1920 g/mol.